The van der Waals surface area contributed by atoms with Crippen molar-refractivity contribution in [1.82, 2.24) is 4.90 Å². The van der Waals surface area contributed by atoms with E-state index in [1.165, 1.54) is 11.8 Å². The van der Waals surface area contributed by atoms with E-state index in [9.17, 15) is 10.1 Å². The average molecular weight is 365 g/mol. The number of ether oxygens (including phenoxy) is 1. The van der Waals surface area contributed by atoms with Gasteiger partial charge >= 0.3 is 0 Å². The summed E-state index contributed by atoms with van der Waals surface area (Å²) >= 11 is 11.9. The van der Waals surface area contributed by atoms with Crippen LogP contribution < -0.4 is 0 Å². The molecule has 0 radical (unpaired) electrons. The zero-order chi connectivity index (χ0) is 16.9. The number of carbonyl (C=O) groups is 1. The predicted molar refractivity (Wildman–Crippen MR) is 99.2 cm³/mol. The van der Waals surface area contributed by atoms with Crippen molar-refractivity contribution in [2.45, 2.75) is 25.4 Å². The van der Waals surface area contributed by atoms with Crippen LogP contribution in [-0.4, -0.2) is 38.1 Å². The third-order valence-corrected chi connectivity index (χ3v) is 5.19. The molecule has 1 amide bonds. The van der Waals surface area contributed by atoms with E-state index in [0.717, 1.165) is 11.3 Å². The molecule has 0 aliphatic carbocycles. The molecule has 2 rings (SSSR count). The van der Waals surface area contributed by atoms with E-state index in [0.29, 0.717) is 10.9 Å². The molecule has 0 aromatic heterocycles. The molecule has 1 fully saturated rings. The number of hydrogen-bond donors (Lipinski definition) is 0. The van der Waals surface area contributed by atoms with Gasteiger partial charge in [0, 0.05) is 30.7 Å². The monoisotopic (exact) mass is 364 g/mol. The molecule has 120 valence electrons. The van der Waals surface area contributed by atoms with E-state index < -0.39 is 5.60 Å². The molecule has 23 heavy (non-hydrogen) atoms. The van der Waals surface area contributed by atoms with Crippen LogP contribution in [0.1, 0.15) is 25.3 Å². The molecule has 0 N–H and O–H groups in total. The van der Waals surface area contributed by atoms with Crippen LogP contribution in [0.2, 0.25) is 0 Å². The summed E-state index contributed by atoms with van der Waals surface area (Å²) < 4.78 is 6.28. The molecule has 1 aliphatic heterocycles. The summed E-state index contributed by atoms with van der Waals surface area (Å²) in [5.74, 6) is 0.755. The quantitative estimate of drug-likeness (QED) is 0.747. The fourth-order valence-corrected chi connectivity index (χ4v) is 3.63. The van der Waals surface area contributed by atoms with Crippen LogP contribution in [0.25, 0.3) is 0 Å². The lowest BCUT2D eigenvalue weighted by atomic mass is 10.0. The highest BCUT2D eigenvalue weighted by atomic mass is 32.2. The van der Waals surface area contributed by atoms with Crippen molar-refractivity contribution in [3.63, 3.8) is 0 Å². The normalized spacial score (nSPS) is 16.5. The summed E-state index contributed by atoms with van der Waals surface area (Å²) in [4.78, 5) is 13.8. The molecular formula is C16H16N2O2S3. The van der Waals surface area contributed by atoms with E-state index in [1.807, 2.05) is 30.3 Å². The maximum absolute atomic E-state index is 12.2. The first kappa shape index (κ1) is 17.9. The first-order chi connectivity index (χ1) is 10.9. The molecule has 4 nitrogen and oxygen atoms in total. The Balaban J connectivity index is 1.95. The molecule has 0 spiro atoms. The van der Waals surface area contributed by atoms with Gasteiger partial charge in [-0.3, -0.25) is 9.69 Å². The molecule has 1 aliphatic rings. The Kier molecular flexibility index (Phi) is 6.10. The lowest BCUT2D eigenvalue weighted by molar-refractivity contribution is -0.127. The Labute approximate surface area is 150 Å². The fraction of sp³-hybridized carbons (Fsp3) is 0.375. The van der Waals surface area contributed by atoms with Crippen LogP contribution in [-0.2, 0) is 9.53 Å². The van der Waals surface area contributed by atoms with E-state index >= 15 is 0 Å². The number of hydrogen-bond acceptors (Lipinski definition) is 6. The van der Waals surface area contributed by atoms with Gasteiger partial charge in [0.1, 0.15) is 10.4 Å². The van der Waals surface area contributed by atoms with Crippen LogP contribution in [0, 0.1) is 11.3 Å². The van der Waals surface area contributed by atoms with Crippen LogP contribution in [0.3, 0.4) is 0 Å². The number of thioether (sulfide) groups is 1. The molecule has 0 saturated carbocycles. The summed E-state index contributed by atoms with van der Waals surface area (Å²) in [5.41, 5.74) is -0.399. The molecule has 1 unspecified atom stereocenters. The van der Waals surface area contributed by atoms with Gasteiger partial charge in [-0.1, -0.05) is 54.3 Å². The maximum Gasteiger partial charge on any atom is 0.228 e. The second-order valence-corrected chi connectivity index (χ2v) is 7.36. The zero-order valence-corrected chi connectivity index (χ0v) is 15.1. The second-order valence-electron chi connectivity index (χ2n) is 5.26. The lowest BCUT2D eigenvalue weighted by Crippen LogP contribution is -2.35. The van der Waals surface area contributed by atoms with Crippen molar-refractivity contribution in [2.75, 3.05) is 12.3 Å². The third-order valence-electron chi connectivity index (χ3n) is 3.44. The Morgan fingerprint density at radius 1 is 1.48 bits per heavy atom. The van der Waals surface area contributed by atoms with Gasteiger partial charge in [-0.25, -0.2) is 0 Å². The van der Waals surface area contributed by atoms with Crippen molar-refractivity contribution in [3.05, 3.63) is 35.9 Å². The number of thiocarbonyl (C=S) groups is 2. The van der Waals surface area contributed by atoms with Gasteiger partial charge in [0.15, 0.2) is 10.7 Å². The van der Waals surface area contributed by atoms with Crippen molar-refractivity contribution in [1.29, 1.82) is 5.26 Å². The highest BCUT2D eigenvalue weighted by molar-refractivity contribution is 8.23. The fourth-order valence-electron chi connectivity index (χ4n) is 2.07. The predicted octanol–water partition coefficient (Wildman–Crippen LogP) is 3.30. The number of rotatable bonds is 5. The van der Waals surface area contributed by atoms with Gasteiger partial charge in [-0.2, -0.15) is 5.26 Å². The van der Waals surface area contributed by atoms with Gasteiger partial charge in [0.25, 0.3) is 0 Å². The Morgan fingerprint density at radius 3 is 2.74 bits per heavy atom. The van der Waals surface area contributed by atoms with Gasteiger partial charge < -0.3 is 4.74 Å². The van der Waals surface area contributed by atoms with Gasteiger partial charge in [0.2, 0.25) is 5.91 Å². The molecule has 7 heteroatoms. The number of nitriles is 1. The van der Waals surface area contributed by atoms with E-state index in [2.05, 4.69) is 6.07 Å². The van der Waals surface area contributed by atoms with E-state index in [-0.39, 0.29) is 23.8 Å². The van der Waals surface area contributed by atoms with E-state index in [1.54, 1.807) is 11.8 Å². The van der Waals surface area contributed by atoms with E-state index in [4.69, 9.17) is 29.2 Å². The summed E-state index contributed by atoms with van der Waals surface area (Å²) in [6.07, 6.45) is 0.460. The van der Waals surface area contributed by atoms with Crippen LogP contribution in [0.4, 0.5) is 0 Å². The summed E-state index contributed by atoms with van der Waals surface area (Å²) in [6, 6.07) is 11.3. The van der Waals surface area contributed by atoms with Crippen molar-refractivity contribution in [3.8, 4) is 6.07 Å². The standard InChI is InChI=1S/C16H16N2O2S3/c1-16(11-17,20-14(21)12-5-3-2-4-6-12)8-7-13(19)18-9-10-23-15(18)22/h2-6H,7-10H2,1H3. The van der Waals surface area contributed by atoms with Gasteiger partial charge in [-0.05, 0) is 19.1 Å². The minimum absolute atomic E-state index is 0.0734. The van der Waals surface area contributed by atoms with Crippen molar-refractivity contribution in [2.24, 2.45) is 0 Å². The molecule has 1 aromatic carbocycles. The topological polar surface area (TPSA) is 53.3 Å². The Bertz CT molecular complexity index is 657. The second kappa shape index (κ2) is 7.86. The summed E-state index contributed by atoms with van der Waals surface area (Å²) in [6.45, 7) is 2.28. The Hall–Kier alpha value is -1.49. The first-order valence-electron chi connectivity index (χ1n) is 7.12. The molecular weight excluding hydrogens is 348 g/mol. The summed E-state index contributed by atoms with van der Waals surface area (Å²) in [7, 11) is 0. The smallest absolute Gasteiger partial charge is 0.228 e. The van der Waals surface area contributed by atoms with Gasteiger partial charge in [0.05, 0.1) is 0 Å². The van der Waals surface area contributed by atoms with Crippen molar-refractivity contribution >= 4 is 51.5 Å². The number of benzene rings is 1. The minimum Gasteiger partial charge on any atom is -0.462 e. The third kappa shape index (κ3) is 4.74. The Morgan fingerprint density at radius 2 is 2.17 bits per heavy atom. The molecule has 1 atom stereocenters. The number of carbonyl (C=O) groups excluding carboxylic acids is 1. The highest BCUT2D eigenvalue weighted by Gasteiger charge is 2.31. The molecule has 1 aromatic rings. The lowest BCUT2D eigenvalue weighted by Gasteiger charge is -2.24. The largest absolute Gasteiger partial charge is 0.462 e. The molecule has 0 bridgehead atoms. The first-order valence-corrected chi connectivity index (χ1v) is 8.92. The van der Waals surface area contributed by atoms with Crippen LogP contribution in [0.5, 0.6) is 0 Å². The minimum atomic E-state index is -1.14. The number of amides is 1. The average Bonchev–Trinajstić information content (AvgIpc) is 2.99. The number of nitrogens with zero attached hydrogens (tertiary/aromatic N) is 2. The molecule has 1 saturated heterocycles. The maximum atomic E-state index is 12.2. The SMILES string of the molecule is CC(C#N)(CCC(=O)N1CCSC1=S)OC(=S)c1ccccc1. The zero-order valence-electron chi connectivity index (χ0n) is 12.7. The van der Waals surface area contributed by atoms with Gasteiger partial charge in [-0.15, -0.1) is 0 Å². The molecule has 1 heterocycles. The van der Waals surface area contributed by atoms with Crippen LogP contribution in [0.15, 0.2) is 30.3 Å². The summed E-state index contributed by atoms with van der Waals surface area (Å²) in [5, 5.41) is 9.68. The van der Waals surface area contributed by atoms with Crippen LogP contribution >= 0.6 is 36.2 Å². The highest BCUT2D eigenvalue weighted by Crippen LogP contribution is 2.23. The van der Waals surface area contributed by atoms with Crippen molar-refractivity contribution < 1.29 is 9.53 Å².